The first-order chi connectivity index (χ1) is 5.72. The highest BCUT2D eigenvalue weighted by Crippen LogP contribution is 1.97. The quantitative estimate of drug-likeness (QED) is 0.665. The molecule has 3 nitrogen and oxygen atoms in total. The molecule has 1 amide bonds. The number of thioether (sulfide) groups is 1. The monoisotopic (exact) mass is 190 g/mol. The lowest BCUT2D eigenvalue weighted by molar-refractivity contribution is -0.129. The number of rotatable bonds is 6. The minimum atomic E-state index is 0.203. The molecular weight excluding hydrogens is 172 g/mol. The Bertz CT molecular complexity index is 130. The van der Waals surface area contributed by atoms with Gasteiger partial charge in [0.05, 0.1) is 0 Å². The Balaban J connectivity index is 3.47. The van der Waals surface area contributed by atoms with Gasteiger partial charge in [0.1, 0.15) is 0 Å². The Morgan fingerprint density at radius 1 is 1.58 bits per heavy atom. The van der Waals surface area contributed by atoms with E-state index in [9.17, 15) is 4.79 Å². The van der Waals surface area contributed by atoms with E-state index in [-0.39, 0.29) is 5.91 Å². The van der Waals surface area contributed by atoms with E-state index in [0.717, 1.165) is 18.7 Å². The lowest BCUT2D eigenvalue weighted by atomic mass is 10.3. The van der Waals surface area contributed by atoms with Crippen LogP contribution in [-0.4, -0.2) is 43.0 Å². The molecule has 0 aliphatic heterocycles. The van der Waals surface area contributed by atoms with Crippen LogP contribution >= 0.6 is 11.8 Å². The molecule has 0 fully saturated rings. The molecule has 0 bridgehead atoms. The fraction of sp³-hybridized carbons (Fsp3) is 0.875. The van der Waals surface area contributed by atoms with E-state index in [1.54, 1.807) is 16.7 Å². The standard InChI is InChI=1S/C8H18N2OS/c1-10(6-7-12-2)8(11)4-3-5-9/h3-7,9H2,1-2H3. The van der Waals surface area contributed by atoms with Crippen LogP contribution in [0.15, 0.2) is 0 Å². The van der Waals surface area contributed by atoms with Crippen LogP contribution in [-0.2, 0) is 4.79 Å². The van der Waals surface area contributed by atoms with Crippen LogP contribution in [0.3, 0.4) is 0 Å². The van der Waals surface area contributed by atoms with Crippen molar-refractivity contribution in [1.29, 1.82) is 0 Å². The smallest absolute Gasteiger partial charge is 0.222 e. The minimum absolute atomic E-state index is 0.203. The summed E-state index contributed by atoms with van der Waals surface area (Å²) < 4.78 is 0. The van der Waals surface area contributed by atoms with E-state index < -0.39 is 0 Å². The van der Waals surface area contributed by atoms with Crippen LogP contribution in [0.5, 0.6) is 0 Å². The molecule has 2 N–H and O–H groups in total. The van der Waals surface area contributed by atoms with E-state index in [0.29, 0.717) is 13.0 Å². The van der Waals surface area contributed by atoms with Crippen molar-refractivity contribution in [2.24, 2.45) is 5.73 Å². The summed E-state index contributed by atoms with van der Waals surface area (Å²) >= 11 is 1.75. The van der Waals surface area contributed by atoms with Gasteiger partial charge in [0.25, 0.3) is 0 Å². The van der Waals surface area contributed by atoms with Gasteiger partial charge in [-0.15, -0.1) is 0 Å². The van der Waals surface area contributed by atoms with Gasteiger partial charge in [-0.1, -0.05) is 0 Å². The summed E-state index contributed by atoms with van der Waals surface area (Å²) in [7, 11) is 1.84. The van der Waals surface area contributed by atoms with Crippen LogP contribution in [0.4, 0.5) is 0 Å². The van der Waals surface area contributed by atoms with Crippen LogP contribution in [0.2, 0.25) is 0 Å². The van der Waals surface area contributed by atoms with Gasteiger partial charge in [0, 0.05) is 25.8 Å². The molecule has 0 unspecified atom stereocenters. The van der Waals surface area contributed by atoms with Gasteiger partial charge < -0.3 is 10.6 Å². The summed E-state index contributed by atoms with van der Waals surface area (Å²) in [6.07, 6.45) is 3.42. The van der Waals surface area contributed by atoms with E-state index in [1.807, 2.05) is 13.3 Å². The van der Waals surface area contributed by atoms with Gasteiger partial charge in [-0.25, -0.2) is 0 Å². The van der Waals surface area contributed by atoms with Crippen LogP contribution in [0.1, 0.15) is 12.8 Å². The molecule has 12 heavy (non-hydrogen) atoms. The molecule has 0 rings (SSSR count). The SMILES string of the molecule is CSCCN(C)C(=O)CCCN. The Kier molecular flexibility index (Phi) is 7.29. The maximum atomic E-state index is 11.3. The lowest BCUT2D eigenvalue weighted by Crippen LogP contribution is -2.29. The average Bonchev–Trinajstić information content (AvgIpc) is 2.10. The Hall–Kier alpha value is -0.220. The molecule has 0 atom stereocenters. The van der Waals surface area contributed by atoms with E-state index >= 15 is 0 Å². The number of hydrogen-bond donors (Lipinski definition) is 1. The van der Waals surface area contributed by atoms with Gasteiger partial charge in [0.15, 0.2) is 0 Å². The summed E-state index contributed by atoms with van der Waals surface area (Å²) in [6.45, 7) is 1.44. The lowest BCUT2D eigenvalue weighted by Gasteiger charge is -2.15. The van der Waals surface area contributed by atoms with Gasteiger partial charge in [-0.3, -0.25) is 4.79 Å². The first-order valence-corrected chi connectivity index (χ1v) is 5.54. The first-order valence-electron chi connectivity index (χ1n) is 4.15. The molecular formula is C8H18N2OS. The molecule has 0 aliphatic carbocycles. The molecule has 0 aromatic rings. The van der Waals surface area contributed by atoms with Gasteiger partial charge in [-0.05, 0) is 19.2 Å². The third kappa shape index (κ3) is 5.43. The number of carbonyl (C=O) groups excluding carboxylic acids is 1. The van der Waals surface area contributed by atoms with E-state index in [4.69, 9.17) is 5.73 Å². The Morgan fingerprint density at radius 2 is 2.25 bits per heavy atom. The van der Waals surface area contributed by atoms with Crippen molar-refractivity contribution >= 4 is 17.7 Å². The highest BCUT2D eigenvalue weighted by molar-refractivity contribution is 7.98. The number of hydrogen-bond acceptors (Lipinski definition) is 3. The van der Waals surface area contributed by atoms with Gasteiger partial charge in [-0.2, -0.15) is 11.8 Å². The van der Waals surface area contributed by atoms with Crippen molar-refractivity contribution < 1.29 is 4.79 Å². The summed E-state index contributed by atoms with van der Waals surface area (Å²) in [5.41, 5.74) is 5.30. The summed E-state index contributed by atoms with van der Waals surface area (Å²) in [6, 6.07) is 0. The second-order valence-corrected chi connectivity index (χ2v) is 3.69. The molecule has 0 radical (unpaired) electrons. The normalized spacial score (nSPS) is 9.92. The highest BCUT2D eigenvalue weighted by Gasteiger charge is 2.06. The predicted octanol–water partition coefficient (Wildman–Crippen LogP) is 0.547. The first kappa shape index (κ1) is 11.8. The molecule has 0 heterocycles. The molecule has 72 valence electrons. The van der Waals surface area contributed by atoms with Crippen molar-refractivity contribution in [2.45, 2.75) is 12.8 Å². The number of amides is 1. The van der Waals surface area contributed by atoms with Crippen molar-refractivity contribution in [3.8, 4) is 0 Å². The fourth-order valence-corrected chi connectivity index (χ4v) is 1.25. The molecule has 0 saturated heterocycles. The molecule has 0 spiro atoms. The second kappa shape index (κ2) is 7.43. The molecule has 0 aromatic carbocycles. The molecule has 0 aromatic heterocycles. The predicted molar refractivity (Wildman–Crippen MR) is 54.3 cm³/mol. The molecule has 0 saturated carbocycles. The van der Waals surface area contributed by atoms with Crippen molar-refractivity contribution in [1.82, 2.24) is 4.90 Å². The average molecular weight is 190 g/mol. The summed E-state index contributed by atoms with van der Waals surface area (Å²) in [5.74, 6) is 1.21. The third-order valence-electron chi connectivity index (χ3n) is 1.65. The summed E-state index contributed by atoms with van der Waals surface area (Å²) in [4.78, 5) is 13.0. The van der Waals surface area contributed by atoms with Crippen molar-refractivity contribution in [3.63, 3.8) is 0 Å². The topological polar surface area (TPSA) is 46.3 Å². The number of nitrogens with two attached hydrogens (primary N) is 1. The zero-order valence-electron chi connectivity index (χ0n) is 7.88. The van der Waals surface area contributed by atoms with Crippen molar-refractivity contribution in [3.05, 3.63) is 0 Å². The number of nitrogens with zero attached hydrogens (tertiary/aromatic N) is 1. The Labute approximate surface area is 78.7 Å². The maximum absolute atomic E-state index is 11.3. The molecule has 4 heteroatoms. The van der Waals surface area contributed by atoms with Crippen LogP contribution < -0.4 is 5.73 Å². The third-order valence-corrected chi connectivity index (χ3v) is 2.24. The van der Waals surface area contributed by atoms with Gasteiger partial charge >= 0.3 is 0 Å². The van der Waals surface area contributed by atoms with Crippen molar-refractivity contribution in [2.75, 3.05) is 32.1 Å². The summed E-state index contributed by atoms with van der Waals surface area (Å²) in [5, 5.41) is 0. The van der Waals surface area contributed by atoms with Gasteiger partial charge in [0.2, 0.25) is 5.91 Å². The van der Waals surface area contributed by atoms with Crippen LogP contribution in [0.25, 0.3) is 0 Å². The zero-order valence-corrected chi connectivity index (χ0v) is 8.69. The van der Waals surface area contributed by atoms with Crippen LogP contribution in [0, 0.1) is 0 Å². The Morgan fingerprint density at radius 3 is 2.75 bits per heavy atom. The second-order valence-electron chi connectivity index (χ2n) is 2.70. The fourth-order valence-electron chi connectivity index (χ4n) is 0.797. The largest absolute Gasteiger partial charge is 0.345 e. The maximum Gasteiger partial charge on any atom is 0.222 e. The van der Waals surface area contributed by atoms with E-state index in [1.165, 1.54) is 0 Å². The number of carbonyl (C=O) groups is 1. The zero-order chi connectivity index (χ0) is 9.40. The minimum Gasteiger partial charge on any atom is -0.345 e. The molecule has 0 aliphatic rings. The highest BCUT2D eigenvalue weighted by atomic mass is 32.2. The van der Waals surface area contributed by atoms with E-state index in [2.05, 4.69) is 0 Å².